The monoisotopic (exact) mass is 290 g/mol. The Morgan fingerprint density at radius 2 is 1.62 bits per heavy atom. The summed E-state index contributed by atoms with van der Waals surface area (Å²) >= 11 is 0. The van der Waals surface area contributed by atoms with E-state index in [2.05, 4.69) is 53.7 Å². The third-order valence-electron chi connectivity index (χ3n) is 7.06. The number of hydrogen-bond donors (Lipinski definition) is 1. The Kier molecular flexibility index (Phi) is 4.73. The molecule has 0 saturated heterocycles. The zero-order chi connectivity index (χ0) is 15.8. The quantitative estimate of drug-likeness (QED) is 0.676. The second kappa shape index (κ2) is 5.91. The molecule has 2 aliphatic rings. The van der Waals surface area contributed by atoms with Gasteiger partial charge in [-0.1, -0.05) is 51.0 Å². The van der Waals surface area contributed by atoms with Crippen molar-refractivity contribution in [2.75, 3.05) is 6.61 Å². The lowest BCUT2D eigenvalue weighted by atomic mass is 9.68. The average Bonchev–Trinajstić information content (AvgIpc) is 2.82. The van der Waals surface area contributed by atoms with E-state index in [4.69, 9.17) is 0 Å². The van der Waals surface area contributed by atoms with E-state index in [0.29, 0.717) is 23.9 Å². The van der Waals surface area contributed by atoms with Crippen LogP contribution in [0.5, 0.6) is 0 Å². The minimum Gasteiger partial charge on any atom is -0.396 e. The van der Waals surface area contributed by atoms with Gasteiger partial charge in [0.1, 0.15) is 0 Å². The molecular formula is C20H34O. The lowest BCUT2D eigenvalue weighted by molar-refractivity contribution is 0.102. The molecule has 1 nitrogen and oxygen atoms in total. The lowest BCUT2D eigenvalue weighted by Crippen LogP contribution is -2.31. The summed E-state index contributed by atoms with van der Waals surface area (Å²) in [6, 6.07) is 0. The smallest absolute Gasteiger partial charge is 0.0462 e. The van der Waals surface area contributed by atoms with Crippen molar-refractivity contribution in [2.45, 2.75) is 67.2 Å². The molecule has 0 bridgehead atoms. The molecule has 0 aromatic carbocycles. The van der Waals surface area contributed by atoms with Crippen LogP contribution in [-0.4, -0.2) is 11.7 Å². The van der Waals surface area contributed by atoms with Gasteiger partial charge in [-0.25, -0.2) is 0 Å². The zero-order valence-corrected chi connectivity index (χ0v) is 14.9. The standard InChI is InChI=1S/C20H34O/c1-14-7-10-17(19(14,3)4)11-9-16(13-21)18-12-8-15(2)20(18,5)6/h7-8,16-18,21H,9-13H2,1-6H3. The van der Waals surface area contributed by atoms with Crippen LogP contribution >= 0.6 is 0 Å². The summed E-state index contributed by atoms with van der Waals surface area (Å²) in [7, 11) is 0. The highest BCUT2D eigenvalue weighted by atomic mass is 16.3. The van der Waals surface area contributed by atoms with Crippen LogP contribution in [0.4, 0.5) is 0 Å². The van der Waals surface area contributed by atoms with Gasteiger partial charge in [0.2, 0.25) is 0 Å². The van der Waals surface area contributed by atoms with Crippen LogP contribution in [0.1, 0.15) is 67.2 Å². The Morgan fingerprint density at radius 3 is 2.05 bits per heavy atom. The second-order valence-electron chi connectivity index (χ2n) is 8.51. The number of hydrogen-bond acceptors (Lipinski definition) is 1. The highest BCUT2D eigenvalue weighted by Crippen LogP contribution is 2.50. The first kappa shape index (κ1) is 16.8. The summed E-state index contributed by atoms with van der Waals surface area (Å²) in [5.74, 6) is 1.82. The molecule has 3 atom stereocenters. The Morgan fingerprint density at radius 1 is 1.05 bits per heavy atom. The normalized spacial score (nSPS) is 32.0. The fourth-order valence-corrected chi connectivity index (χ4v) is 4.45. The molecule has 0 spiro atoms. The molecule has 2 aliphatic carbocycles. The Balaban J connectivity index is 1.96. The van der Waals surface area contributed by atoms with E-state index in [1.165, 1.54) is 24.8 Å². The highest BCUT2D eigenvalue weighted by Gasteiger charge is 2.41. The van der Waals surface area contributed by atoms with E-state index in [1.54, 1.807) is 5.57 Å². The van der Waals surface area contributed by atoms with E-state index in [9.17, 15) is 5.11 Å². The summed E-state index contributed by atoms with van der Waals surface area (Å²) in [5, 5.41) is 9.92. The number of rotatable bonds is 5. The Bertz CT molecular complexity index is 439. The van der Waals surface area contributed by atoms with Gasteiger partial charge in [0.15, 0.2) is 0 Å². The molecular weight excluding hydrogens is 256 g/mol. The van der Waals surface area contributed by atoms with Crippen molar-refractivity contribution >= 4 is 0 Å². The van der Waals surface area contributed by atoms with Gasteiger partial charge < -0.3 is 5.11 Å². The van der Waals surface area contributed by atoms with Gasteiger partial charge in [-0.2, -0.15) is 0 Å². The molecule has 0 aliphatic heterocycles. The average molecular weight is 290 g/mol. The molecule has 21 heavy (non-hydrogen) atoms. The second-order valence-corrected chi connectivity index (χ2v) is 8.51. The van der Waals surface area contributed by atoms with Crippen molar-refractivity contribution < 1.29 is 5.11 Å². The lowest BCUT2D eigenvalue weighted by Gasteiger charge is -2.37. The summed E-state index contributed by atoms with van der Waals surface area (Å²) in [6.45, 7) is 14.3. The third kappa shape index (κ3) is 2.99. The summed E-state index contributed by atoms with van der Waals surface area (Å²) in [5.41, 5.74) is 3.66. The minimum atomic E-state index is 0.257. The van der Waals surface area contributed by atoms with E-state index in [0.717, 1.165) is 12.3 Å². The van der Waals surface area contributed by atoms with Gasteiger partial charge in [-0.3, -0.25) is 0 Å². The van der Waals surface area contributed by atoms with Crippen LogP contribution in [0, 0.1) is 28.6 Å². The molecule has 1 heteroatoms. The van der Waals surface area contributed by atoms with E-state index in [-0.39, 0.29) is 5.41 Å². The molecule has 0 aromatic rings. The minimum absolute atomic E-state index is 0.257. The van der Waals surface area contributed by atoms with Crippen LogP contribution in [0.25, 0.3) is 0 Å². The molecule has 0 radical (unpaired) electrons. The molecule has 0 amide bonds. The van der Waals surface area contributed by atoms with Crippen molar-refractivity contribution in [1.29, 1.82) is 0 Å². The molecule has 0 heterocycles. The maximum absolute atomic E-state index is 9.92. The predicted molar refractivity (Wildman–Crippen MR) is 91.1 cm³/mol. The highest BCUT2D eigenvalue weighted by molar-refractivity contribution is 5.20. The molecule has 3 unspecified atom stereocenters. The van der Waals surface area contributed by atoms with Crippen LogP contribution < -0.4 is 0 Å². The van der Waals surface area contributed by atoms with Crippen molar-refractivity contribution in [2.24, 2.45) is 28.6 Å². The number of aliphatic hydroxyl groups excluding tert-OH is 1. The molecule has 2 rings (SSSR count). The molecule has 1 N–H and O–H groups in total. The largest absolute Gasteiger partial charge is 0.396 e. The third-order valence-corrected chi connectivity index (χ3v) is 7.06. The van der Waals surface area contributed by atoms with Crippen LogP contribution in [0.15, 0.2) is 23.3 Å². The number of aliphatic hydroxyl groups is 1. The Labute approximate surface area is 131 Å². The first-order chi connectivity index (χ1) is 9.71. The summed E-state index contributed by atoms with van der Waals surface area (Å²) < 4.78 is 0. The molecule has 120 valence electrons. The zero-order valence-electron chi connectivity index (χ0n) is 14.9. The maximum atomic E-state index is 9.92. The van der Waals surface area contributed by atoms with Gasteiger partial charge in [0.05, 0.1) is 0 Å². The fraction of sp³-hybridized carbons (Fsp3) is 0.800. The van der Waals surface area contributed by atoms with Crippen LogP contribution in [-0.2, 0) is 0 Å². The molecule has 0 aromatic heterocycles. The van der Waals surface area contributed by atoms with Crippen molar-refractivity contribution in [3.63, 3.8) is 0 Å². The molecule has 0 saturated carbocycles. The summed E-state index contributed by atoms with van der Waals surface area (Å²) in [4.78, 5) is 0. The fourth-order valence-electron chi connectivity index (χ4n) is 4.45. The van der Waals surface area contributed by atoms with Gasteiger partial charge in [0, 0.05) is 6.61 Å². The summed E-state index contributed by atoms with van der Waals surface area (Å²) in [6.07, 6.45) is 9.60. The van der Waals surface area contributed by atoms with Crippen molar-refractivity contribution in [3.8, 4) is 0 Å². The van der Waals surface area contributed by atoms with E-state index in [1.807, 2.05) is 0 Å². The van der Waals surface area contributed by atoms with Gasteiger partial charge in [0.25, 0.3) is 0 Å². The van der Waals surface area contributed by atoms with Crippen molar-refractivity contribution in [3.05, 3.63) is 23.3 Å². The number of allylic oxidation sites excluding steroid dienone is 4. The van der Waals surface area contributed by atoms with Crippen LogP contribution in [0.2, 0.25) is 0 Å². The van der Waals surface area contributed by atoms with E-state index < -0.39 is 0 Å². The van der Waals surface area contributed by atoms with Crippen LogP contribution in [0.3, 0.4) is 0 Å². The topological polar surface area (TPSA) is 20.2 Å². The Hall–Kier alpha value is -0.560. The first-order valence-electron chi connectivity index (χ1n) is 8.66. The molecule has 0 fully saturated rings. The van der Waals surface area contributed by atoms with E-state index >= 15 is 0 Å². The first-order valence-corrected chi connectivity index (χ1v) is 8.66. The predicted octanol–water partition coefficient (Wildman–Crippen LogP) is 5.36. The van der Waals surface area contributed by atoms with Gasteiger partial charge >= 0.3 is 0 Å². The SMILES string of the molecule is CC1=CCC(CCC(CO)C2CC=C(C)C2(C)C)C1(C)C. The van der Waals surface area contributed by atoms with Crippen molar-refractivity contribution in [1.82, 2.24) is 0 Å². The van der Waals surface area contributed by atoms with Gasteiger partial charge in [-0.15, -0.1) is 0 Å². The maximum Gasteiger partial charge on any atom is 0.0462 e. The van der Waals surface area contributed by atoms with Gasteiger partial charge in [-0.05, 0) is 68.1 Å².